The van der Waals surface area contributed by atoms with Crippen LogP contribution in [-0.4, -0.2) is 23.9 Å². The second kappa shape index (κ2) is 7.06. The van der Waals surface area contributed by atoms with Gasteiger partial charge in [-0.05, 0) is 36.4 Å². The molecule has 3 aliphatic heterocycles. The monoisotopic (exact) mass is 462 g/mol. The fourth-order valence-electron chi connectivity index (χ4n) is 4.31. The van der Waals surface area contributed by atoms with E-state index in [9.17, 15) is 0 Å². The number of rotatable bonds is 2. The second-order valence-corrected chi connectivity index (χ2v) is 8.48. The van der Waals surface area contributed by atoms with E-state index in [2.05, 4.69) is 51.3 Å². The van der Waals surface area contributed by atoms with Crippen molar-refractivity contribution in [2.75, 3.05) is 13.2 Å². The molecule has 0 N–H and O–H groups in total. The van der Waals surface area contributed by atoms with Crippen molar-refractivity contribution in [3.05, 3.63) is 87.9 Å². The van der Waals surface area contributed by atoms with Crippen LogP contribution in [0.3, 0.4) is 0 Å². The van der Waals surface area contributed by atoms with E-state index in [1.807, 2.05) is 36.4 Å². The van der Waals surface area contributed by atoms with E-state index in [1.54, 1.807) is 0 Å². The van der Waals surface area contributed by atoms with Crippen LogP contribution < -0.4 is 14.2 Å². The Bertz CT molecular complexity index is 1160. The molecule has 30 heavy (non-hydrogen) atoms. The first-order valence-corrected chi connectivity index (χ1v) is 10.8. The van der Waals surface area contributed by atoms with Crippen molar-refractivity contribution in [1.82, 2.24) is 5.01 Å². The maximum Gasteiger partial charge on any atom is 0.213 e. The van der Waals surface area contributed by atoms with Crippen molar-refractivity contribution in [1.29, 1.82) is 0 Å². The molecule has 2 atom stereocenters. The van der Waals surface area contributed by atoms with E-state index in [0.717, 1.165) is 45.0 Å². The number of hydrazone groups is 1. The summed E-state index contributed by atoms with van der Waals surface area (Å²) in [6.07, 6.45) is 0.530. The van der Waals surface area contributed by atoms with Gasteiger partial charge in [0, 0.05) is 27.6 Å². The van der Waals surface area contributed by atoms with Crippen LogP contribution in [0, 0.1) is 0 Å². The third-order valence-corrected chi connectivity index (χ3v) is 6.20. The minimum absolute atomic E-state index is 0.127. The van der Waals surface area contributed by atoms with Gasteiger partial charge in [-0.15, -0.1) is 0 Å². The van der Waals surface area contributed by atoms with Gasteiger partial charge in [-0.1, -0.05) is 46.3 Å². The van der Waals surface area contributed by atoms with Gasteiger partial charge in [0.25, 0.3) is 0 Å². The summed E-state index contributed by atoms with van der Waals surface area (Å²) >= 11 is 3.58. The number of benzene rings is 3. The van der Waals surface area contributed by atoms with Crippen molar-refractivity contribution in [2.24, 2.45) is 5.10 Å². The largest absolute Gasteiger partial charge is 0.486 e. The van der Waals surface area contributed by atoms with Crippen LogP contribution in [0.25, 0.3) is 0 Å². The predicted molar refractivity (Wildman–Crippen MR) is 117 cm³/mol. The van der Waals surface area contributed by atoms with Crippen LogP contribution in [0.15, 0.2) is 76.3 Å². The van der Waals surface area contributed by atoms with Gasteiger partial charge in [-0.2, -0.15) is 5.10 Å². The molecule has 0 saturated carbocycles. The van der Waals surface area contributed by atoms with Gasteiger partial charge in [-0.25, -0.2) is 5.01 Å². The first-order valence-electron chi connectivity index (χ1n) is 10.0. The zero-order valence-corrected chi connectivity index (χ0v) is 17.7. The molecule has 0 saturated heterocycles. The summed E-state index contributed by atoms with van der Waals surface area (Å²) < 4.78 is 18.9. The fourth-order valence-corrected chi connectivity index (χ4v) is 4.73. The maximum absolute atomic E-state index is 6.41. The number of halogens is 1. The maximum atomic E-state index is 6.41. The molecule has 6 heteroatoms. The third kappa shape index (κ3) is 2.94. The highest BCUT2D eigenvalue weighted by atomic mass is 79.9. The Morgan fingerprint density at radius 3 is 2.63 bits per heavy atom. The second-order valence-electron chi connectivity index (χ2n) is 7.57. The molecule has 0 unspecified atom stereocenters. The zero-order chi connectivity index (χ0) is 20.1. The molecule has 5 nitrogen and oxygen atoms in total. The number of para-hydroxylation sites is 1. The molecule has 0 fully saturated rings. The van der Waals surface area contributed by atoms with Gasteiger partial charge in [0.15, 0.2) is 11.5 Å². The lowest BCUT2D eigenvalue weighted by Crippen LogP contribution is -2.33. The van der Waals surface area contributed by atoms with Crippen molar-refractivity contribution in [3.8, 4) is 17.2 Å². The van der Waals surface area contributed by atoms with E-state index < -0.39 is 0 Å². The Kier molecular flexibility index (Phi) is 4.20. The van der Waals surface area contributed by atoms with Gasteiger partial charge in [0.1, 0.15) is 19.0 Å². The summed E-state index contributed by atoms with van der Waals surface area (Å²) in [6, 6.07) is 22.7. The van der Waals surface area contributed by atoms with E-state index in [4.69, 9.17) is 19.3 Å². The molecular formula is C24H19BrN2O3. The molecule has 0 aliphatic carbocycles. The lowest BCUT2D eigenvalue weighted by molar-refractivity contribution is -0.0190. The SMILES string of the molecule is Brc1cccc([C@H]2Oc3ccccc3[C@H]3CC(c4ccc5c(c4)OCCO5)=NN32)c1. The standard InChI is InChI=1S/C24H19BrN2O3/c25-17-5-3-4-16(12-17)24-27-20(18-6-1-2-7-21(18)30-24)14-19(26-27)15-8-9-22-23(13-15)29-11-10-28-22/h1-9,12-13,20,24H,10-11,14H2/t20-,24-/m1/s1. The summed E-state index contributed by atoms with van der Waals surface area (Å²) in [7, 11) is 0. The van der Waals surface area contributed by atoms with E-state index in [-0.39, 0.29) is 12.3 Å². The van der Waals surface area contributed by atoms with Gasteiger partial charge >= 0.3 is 0 Å². The fraction of sp³-hybridized carbons (Fsp3) is 0.208. The quantitative estimate of drug-likeness (QED) is 0.506. The third-order valence-electron chi connectivity index (χ3n) is 5.71. The van der Waals surface area contributed by atoms with Crippen molar-refractivity contribution >= 4 is 21.6 Å². The van der Waals surface area contributed by atoms with Gasteiger partial charge < -0.3 is 14.2 Å². The zero-order valence-electron chi connectivity index (χ0n) is 16.1. The average molecular weight is 463 g/mol. The van der Waals surface area contributed by atoms with Crippen LogP contribution in [0.4, 0.5) is 0 Å². The number of fused-ring (bicyclic) bond motifs is 4. The number of ether oxygens (including phenoxy) is 3. The van der Waals surface area contributed by atoms with Gasteiger partial charge in [0.2, 0.25) is 6.23 Å². The number of hydrogen-bond donors (Lipinski definition) is 0. The molecule has 3 aromatic carbocycles. The molecule has 0 bridgehead atoms. The average Bonchev–Trinajstić information content (AvgIpc) is 3.24. The molecule has 3 aliphatic rings. The summed E-state index contributed by atoms with van der Waals surface area (Å²) in [5.74, 6) is 2.50. The lowest BCUT2D eigenvalue weighted by Gasteiger charge is -2.38. The molecule has 150 valence electrons. The smallest absolute Gasteiger partial charge is 0.213 e. The Balaban J connectivity index is 1.42. The molecule has 0 spiro atoms. The van der Waals surface area contributed by atoms with E-state index in [0.29, 0.717) is 13.2 Å². The van der Waals surface area contributed by atoms with Crippen molar-refractivity contribution in [3.63, 3.8) is 0 Å². The Morgan fingerprint density at radius 2 is 1.73 bits per heavy atom. The van der Waals surface area contributed by atoms with Crippen LogP contribution in [-0.2, 0) is 0 Å². The molecule has 0 aromatic heterocycles. The highest BCUT2D eigenvalue weighted by Gasteiger charge is 2.41. The molecule has 0 amide bonds. The highest BCUT2D eigenvalue weighted by Crippen LogP contribution is 2.48. The van der Waals surface area contributed by atoms with E-state index >= 15 is 0 Å². The van der Waals surface area contributed by atoms with Crippen LogP contribution in [0.5, 0.6) is 17.2 Å². The van der Waals surface area contributed by atoms with E-state index in [1.165, 1.54) is 5.56 Å². The predicted octanol–water partition coefficient (Wildman–Crippen LogP) is 5.46. The summed E-state index contributed by atoms with van der Waals surface area (Å²) in [6.45, 7) is 1.16. The summed E-state index contributed by atoms with van der Waals surface area (Å²) in [5.41, 5.74) is 4.31. The van der Waals surface area contributed by atoms with Gasteiger partial charge in [-0.3, -0.25) is 0 Å². The van der Waals surface area contributed by atoms with Crippen LogP contribution in [0.2, 0.25) is 0 Å². The first kappa shape index (κ1) is 17.8. The Hall–Kier alpha value is -2.99. The van der Waals surface area contributed by atoms with Crippen molar-refractivity contribution in [2.45, 2.75) is 18.7 Å². The Labute approximate surface area is 183 Å². The van der Waals surface area contributed by atoms with Crippen LogP contribution >= 0.6 is 15.9 Å². The topological polar surface area (TPSA) is 43.3 Å². The molecule has 6 rings (SSSR count). The summed E-state index contributed by atoms with van der Waals surface area (Å²) in [5, 5.41) is 7.12. The van der Waals surface area contributed by atoms with Crippen LogP contribution in [0.1, 0.15) is 35.4 Å². The van der Waals surface area contributed by atoms with Gasteiger partial charge in [0.05, 0.1) is 11.8 Å². The minimum atomic E-state index is -0.280. The minimum Gasteiger partial charge on any atom is -0.486 e. The molecule has 3 aromatic rings. The number of nitrogens with zero attached hydrogens (tertiary/aromatic N) is 2. The number of hydrogen-bond acceptors (Lipinski definition) is 5. The first-order chi connectivity index (χ1) is 14.8. The summed E-state index contributed by atoms with van der Waals surface area (Å²) in [4.78, 5) is 0. The molecule has 3 heterocycles. The molecular weight excluding hydrogens is 444 g/mol. The van der Waals surface area contributed by atoms with Crippen molar-refractivity contribution < 1.29 is 14.2 Å². The highest BCUT2D eigenvalue weighted by molar-refractivity contribution is 9.10. The lowest BCUT2D eigenvalue weighted by atomic mass is 9.96. The Morgan fingerprint density at radius 1 is 0.867 bits per heavy atom. The normalized spacial score (nSPS) is 21.4. The molecule has 0 radical (unpaired) electrons.